The topological polar surface area (TPSA) is 60.5 Å². The summed E-state index contributed by atoms with van der Waals surface area (Å²) in [6, 6.07) is 6.01. The van der Waals surface area contributed by atoms with Crippen molar-refractivity contribution in [2.75, 3.05) is 13.2 Å². The van der Waals surface area contributed by atoms with Crippen LogP contribution in [0, 0.1) is 12.8 Å². The van der Waals surface area contributed by atoms with Gasteiger partial charge in [0.2, 0.25) is 5.91 Å². The van der Waals surface area contributed by atoms with Crippen molar-refractivity contribution in [3.05, 3.63) is 39.8 Å². The molecule has 1 aliphatic heterocycles. The predicted octanol–water partition coefficient (Wildman–Crippen LogP) is 3.03. The summed E-state index contributed by atoms with van der Waals surface area (Å²) in [5.74, 6) is 2.08. The quantitative estimate of drug-likeness (QED) is 0.906. The van der Waals surface area contributed by atoms with Gasteiger partial charge in [-0.3, -0.25) is 4.79 Å². The van der Waals surface area contributed by atoms with Gasteiger partial charge in [-0.05, 0) is 43.4 Å². The lowest BCUT2D eigenvalue weighted by Gasteiger charge is -2.23. The zero-order chi connectivity index (χ0) is 16.5. The molecule has 1 fully saturated rings. The summed E-state index contributed by atoms with van der Waals surface area (Å²) in [6.07, 6.45) is 2.63. The Morgan fingerprint density at radius 2 is 2.12 bits per heavy atom. The van der Waals surface area contributed by atoms with Crippen molar-refractivity contribution in [3.8, 4) is 11.5 Å². The van der Waals surface area contributed by atoms with Gasteiger partial charge in [0, 0.05) is 5.38 Å². The minimum atomic E-state index is 0.0205. The Hall–Kier alpha value is -2.08. The van der Waals surface area contributed by atoms with Gasteiger partial charge in [0.25, 0.3) is 0 Å². The van der Waals surface area contributed by atoms with Crippen molar-refractivity contribution in [2.45, 2.75) is 32.2 Å². The number of thiazole rings is 1. The predicted molar refractivity (Wildman–Crippen MR) is 91.6 cm³/mol. The van der Waals surface area contributed by atoms with Crippen molar-refractivity contribution < 1.29 is 14.3 Å². The van der Waals surface area contributed by atoms with Crippen molar-refractivity contribution in [2.24, 2.45) is 5.92 Å². The molecule has 1 aromatic heterocycles. The van der Waals surface area contributed by atoms with E-state index in [1.54, 1.807) is 11.3 Å². The molecule has 126 valence electrons. The standard InChI is InChI=1S/C18H20N2O3S/c1-11-19-14(10-24-11)9-17(21)20-18(12-2-3-12)13-4-5-15-16(8-13)23-7-6-22-15/h4-5,8,10,12,18H,2-3,6-7,9H2,1H3,(H,20,21)/t18-/m0/s1. The Morgan fingerprint density at radius 3 is 2.83 bits per heavy atom. The van der Waals surface area contributed by atoms with Crippen molar-refractivity contribution in [1.82, 2.24) is 10.3 Å². The smallest absolute Gasteiger partial charge is 0.226 e. The summed E-state index contributed by atoms with van der Waals surface area (Å²) in [7, 11) is 0. The minimum absolute atomic E-state index is 0.0205. The van der Waals surface area contributed by atoms with Gasteiger partial charge in [-0.25, -0.2) is 4.98 Å². The first-order chi connectivity index (χ1) is 11.7. The molecule has 4 rings (SSSR count). The fraction of sp³-hybridized carbons (Fsp3) is 0.444. The highest BCUT2D eigenvalue weighted by molar-refractivity contribution is 7.09. The van der Waals surface area contributed by atoms with Crippen LogP contribution in [-0.4, -0.2) is 24.1 Å². The highest BCUT2D eigenvalue weighted by Gasteiger charge is 2.34. The first-order valence-electron chi connectivity index (χ1n) is 8.29. The Bertz CT molecular complexity index is 754. The third kappa shape index (κ3) is 3.38. The lowest BCUT2D eigenvalue weighted by atomic mass is 10.0. The maximum atomic E-state index is 12.4. The molecule has 0 saturated heterocycles. The normalized spacial score (nSPS) is 17.4. The summed E-state index contributed by atoms with van der Waals surface area (Å²) < 4.78 is 11.2. The third-order valence-electron chi connectivity index (χ3n) is 4.34. The second kappa shape index (κ2) is 6.43. The van der Waals surface area contributed by atoms with Crippen LogP contribution in [0.4, 0.5) is 0 Å². The average Bonchev–Trinajstić information content (AvgIpc) is 3.35. The van der Waals surface area contributed by atoms with Crippen molar-refractivity contribution >= 4 is 17.2 Å². The Balaban J connectivity index is 1.49. The van der Waals surface area contributed by atoms with Gasteiger partial charge in [0.15, 0.2) is 11.5 Å². The maximum Gasteiger partial charge on any atom is 0.226 e. The molecule has 1 aromatic carbocycles. The van der Waals surface area contributed by atoms with Crippen molar-refractivity contribution in [3.63, 3.8) is 0 Å². The molecule has 1 aliphatic carbocycles. The second-order valence-electron chi connectivity index (χ2n) is 6.32. The molecule has 0 unspecified atom stereocenters. The lowest BCUT2D eigenvalue weighted by Crippen LogP contribution is -2.31. The monoisotopic (exact) mass is 344 g/mol. The molecular formula is C18H20N2O3S. The third-order valence-corrected chi connectivity index (χ3v) is 5.17. The van der Waals surface area contributed by atoms with E-state index in [2.05, 4.69) is 10.3 Å². The summed E-state index contributed by atoms with van der Waals surface area (Å²) in [4.78, 5) is 16.8. The fourth-order valence-corrected chi connectivity index (χ4v) is 3.65. The molecule has 5 nitrogen and oxygen atoms in total. The number of fused-ring (bicyclic) bond motifs is 1. The highest BCUT2D eigenvalue weighted by Crippen LogP contribution is 2.43. The van der Waals surface area contributed by atoms with Crippen LogP contribution in [0.2, 0.25) is 0 Å². The van der Waals surface area contributed by atoms with E-state index in [1.165, 1.54) is 0 Å². The van der Waals surface area contributed by atoms with Gasteiger partial charge >= 0.3 is 0 Å². The Kier molecular flexibility index (Phi) is 4.14. The van der Waals surface area contributed by atoms with E-state index >= 15 is 0 Å². The number of benzene rings is 1. The van der Waals surface area contributed by atoms with Gasteiger partial charge in [0.05, 0.1) is 23.2 Å². The van der Waals surface area contributed by atoms with Crippen LogP contribution in [0.25, 0.3) is 0 Å². The lowest BCUT2D eigenvalue weighted by molar-refractivity contribution is -0.121. The van der Waals surface area contributed by atoms with Crippen LogP contribution in [0.5, 0.6) is 11.5 Å². The number of carbonyl (C=O) groups is 1. The largest absolute Gasteiger partial charge is 0.486 e. The number of rotatable bonds is 5. The zero-order valence-corrected chi connectivity index (χ0v) is 14.4. The SMILES string of the molecule is Cc1nc(CC(=O)N[C@H](c2ccc3c(c2)OCCO3)C2CC2)cs1. The molecule has 0 spiro atoms. The van der Waals surface area contributed by atoms with E-state index in [0.717, 1.165) is 40.6 Å². The molecule has 1 atom stereocenters. The van der Waals surface area contributed by atoms with Gasteiger partial charge < -0.3 is 14.8 Å². The average molecular weight is 344 g/mol. The van der Waals surface area contributed by atoms with E-state index in [1.807, 2.05) is 30.5 Å². The van der Waals surface area contributed by atoms with Crippen LogP contribution in [0.1, 0.15) is 35.1 Å². The zero-order valence-electron chi connectivity index (χ0n) is 13.6. The number of carbonyl (C=O) groups excluding carboxylic acids is 1. The second-order valence-corrected chi connectivity index (χ2v) is 7.38. The number of nitrogens with one attached hydrogen (secondary N) is 1. The van der Waals surface area contributed by atoms with Crippen LogP contribution < -0.4 is 14.8 Å². The number of aromatic nitrogens is 1. The molecule has 2 aliphatic rings. The van der Waals surface area contributed by atoms with Gasteiger partial charge in [0.1, 0.15) is 13.2 Å². The molecule has 2 aromatic rings. The Labute approximate surface area is 145 Å². The maximum absolute atomic E-state index is 12.4. The number of aryl methyl sites for hydroxylation is 1. The number of hydrogen-bond acceptors (Lipinski definition) is 5. The molecule has 24 heavy (non-hydrogen) atoms. The number of amides is 1. The molecular weight excluding hydrogens is 324 g/mol. The molecule has 0 radical (unpaired) electrons. The summed E-state index contributed by atoms with van der Waals surface area (Å²) >= 11 is 1.57. The van der Waals surface area contributed by atoms with Crippen LogP contribution in [0.3, 0.4) is 0 Å². The van der Waals surface area contributed by atoms with Crippen LogP contribution in [-0.2, 0) is 11.2 Å². The van der Waals surface area contributed by atoms with Crippen LogP contribution >= 0.6 is 11.3 Å². The summed E-state index contributed by atoms with van der Waals surface area (Å²) in [5.41, 5.74) is 1.93. The fourth-order valence-electron chi connectivity index (χ4n) is 3.03. The molecule has 6 heteroatoms. The van der Waals surface area contributed by atoms with E-state index in [-0.39, 0.29) is 11.9 Å². The van der Waals surface area contributed by atoms with E-state index < -0.39 is 0 Å². The van der Waals surface area contributed by atoms with E-state index in [0.29, 0.717) is 25.6 Å². The van der Waals surface area contributed by atoms with Crippen LogP contribution in [0.15, 0.2) is 23.6 Å². The summed E-state index contributed by atoms with van der Waals surface area (Å²) in [6.45, 7) is 3.11. The summed E-state index contributed by atoms with van der Waals surface area (Å²) in [5, 5.41) is 6.13. The number of nitrogens with zero attached hydrogens (tertiary/aromatic N) is 1. The molecule has 2 heterocycles. The van der Waals surface area contributed by atoms with Gasteiger partial charge in [-0.15, -0.1) is 11.3 Å². The minimum Gasteiger partial charge on any atom is -0.486 e. The Morgan fingerprint density at radius 1 is 1.33 bits per heavy atom. The number of ether oxygens (including phenoxy) is 2. The van der Waals surface area contributed by atoms with Gasteiger partial charge in [-0.1, -0.05) is 6.07 Å². The van der Waals surface area contributed by atoms with E-state index in [9.17, 15) is 4.79 Å². The molecule has 1 saturated carbocycles. The molecule has 0 bridgehead atoms. The first kappa shape index (κ1) is 15.4. The number of hydrogen-bond donors (Lipinski definition) is 1. The highest BCUT2D eigenvalue weighted by atomic mass is 32.1. The molecule has 1 N–H and O–H groups in total. The van der Waals surface area contributed by atoms with Crippen molar-refractivity contribution in [1.29, 1.82) is 0 Å². The van der Waals surface area contributed by atoms with Gasteiger partial charge in [-0.2, -0.15) is 0 Å². The first-order valence-corrected chi connectivity index (χ1v) is 9.17. The molecule has 1 amide bonds. The van der Waals surface area contributed by atoms with E-state index in [4.69, 9.17) is 9.47 Å².